The number of nitrogens with zero attached hydrogens (tertiary/aromatic N) is 3. The van der Waals surface area contributed by atoms with Crippen molar-refractivity contribution in [2.24, 2.45) is 16.8 Å². The highest BCUT2D eigenvalue weighted by Gasteiger charge is 2.10. The van der Waals surface area contributed by atoms with Gasteiger partial charge in [0.15, 0.2) is 5.96 Å². The summed E-state index contributed by atoms with van der Waals surface area (Å²) in [6.07, 6.45) is 5.64. The first-order valence-electron chi connectivity index (χ1n) is 8.26. The first-order valence-corrected chi connectivity index (χ1v) is 8.26. The molecule has 0 fully saturated rings. The van der Waals surface area contributed by atoms with Crippen molar-refractivity contribution in [1.29, 1.82) is 0 Å². The van der Waals surface area contributed by atoms with Gasteiger partial charge in [-0.25, -0.2) is 0 Å². The zero-order chi connectivity index (χ0) is 16.2. The molecule has 0 radical (unpaired) electrons. The minimum Gasteiger partial charge on any atom is -0.396 e. The van der Waals surface area contributed by atoms with E-state index >= 15 is 0 Å². The third-order valence-electron chi connectivity index (χ3n) is 3.39. The van der Waals surface area contributed by atoms with Crippen LogP contribution in [0.1, 0.15) is 33.6 Å². The molecule has 1 heterocycles. The van der Waals surface area contributed by atoms with E-state index in [1.807, 2.05) is 16.9 Å². The van der Waals surface area contributed by atoms with Crippen LogP contribution in [0.4, 0.5) is 0 Å². The van der Waals surface area contributed by atoms with Gasteiger partial charge in [-0.1, -0.05) is 13.8 Å². The Hall–Kier alpha value is -1.56. The molecule has 0 saturated heterocycles. The average molecular weight is 309 g/mol. The van der Waals surface area contributed by atoms with E-state index < -0.39 is 0 Å². The topological polar surface area (TPSA) is 74.5 Å². The molecule has 126 valence electrons. The lowest BCUT2D eigenvalue weighted by Crippen LogP contribution is -2.39. The molecular weight excluding hydrogens is 278 g/mol. The highest BCUT2D eigenvalue weighted by molar-refractivity contribution is 5.79. The van der Waals surface area contributed by atoms with E-state index in [4.69, 9.17) is 0 Å². The number of hydrogen-bond donors (Lipinski definition) is 3. The van der Waals surface area contributed by atoms with Crippen LogP contribution in [0, 0.1) is 11.8 Å². The number of aliphatic imine (C=N–C) groups is 1. The SMILES string of the molecule is CCNC(=NCC(CCO)CC(C)C)NCCn1cccn1. The Kier molecular flexibility index (Phi) is 9.30. The Balaban J connectivity index is 2.44. The van der Waals surface area contributed by atoms with Gasteiger partial charge in [0.05, 0.1) is 6.54 Å². The smallest absolute Gasteiger partial charge is 0.191 e. The maximum Gasteiger partial charge on any atom is 0.191 e. The maximum absolute atomic E-state index is 9.18. The lowest BCUT2D eigenvalue weighted by Gasteiger charge is -2.17. The third-order valence-corrected chi connectivity index (χ3v) is 3.39. The Bertz CT molecular complexity index is 403. The Labute approximate surface area is 134 Å². The van der Waals surface area contributed by atoms with Gasteiger partial charge in [0.1, 0.15) is 0 Å². The molecule has 0 aliphatic rings. The standard InChI is InChI=1S/C16H31N5O/c1-4-17-16(18-8-10-21-9-5-7-20-21)19-13-15(6-11-22)12-14(2)3/h5,7,9,14-15,22H,4,6,8,10-13H2,1-3H3,(H2,17,18,19). The zero-order valence-corrected chi connectivity index (χ0v) is 14.1. The molecule has 1 unspecified atom stereocenters. The van der Waals surface area contributed by atoms with Gasteiger partial charge in [-0.15, -0.1) is 0 Å². The molecule has 6 nitrogen and oxygen atoms in total. The Morgan fingerprint density at radius 3 is 2.77 bits per heavy atom. The van der Waals surface area contributed by atoms with Crippen molar-refractivity contribution in [2.45, 2.75) is 40.2 Å². The number of hydrogen-bond acceptors (Lipinski definition) is 3. The van der Waals surface area contributed by atoms with Gasteiger partial charge in [0.25, 0.3) is 0 Å². The van der Waals surface area contributed by atoms with Gasteiger partial charge in [0.2, 0.25) is 0 Å². The molecule has 3 N–H and O–H groups in total. The normalized spacial score (nSPS) is 13.4. The monoisotopic (exact) mass is 309 g/mol. The van der Waals surface area contributed by atoms with E-state index in [1.54, 1.807) is 6.20 Å². The fraction of sp³-hybridized carbons (Fsp3) is 0.750. The van der Waals surface area contributed by atoms with Crippen molar-refractivity contribution in [2.75, 3.05) is 26.2 Å². The molecule has 1 atom stereocenters. The van der Waals surface area contributed by atoms with Crippen LogP contribution in [-0.4, -0.2) is 47.1 Å². The first kappa shape index (κ1) is 18.5. The third kappa shape index (κ3) is 8.02. The second-order valence-electron chi connectivity index (χ2n) is 5.92. The van der Waals surface area contributed by atoms with Gasteiger partial charge in [-0.3, -0.25) is 9.67 Å². The van der Waals surface area contributed by atoms with Gasteiger partial charge in [0, 0.05) is 38.6 Å². The summed E-state index contributed by atoms with van der Waals surface area (Å²) in [7, 11) is 0. The van der Waals surface area contributed by atoms with Crippen molar-refractivity contribution in [3.05, 3.63) is 18.5 Å². The number of guanidine groups is 1. The van der Waals surface area contributed by atoms with E-state index in [9.17, 15) is 5.11 Å². The molecule has 22 heavy (non-hydrogen) atoms. The van der Waals surface area contributed by atoms with Crippen molar-refractivity contribution >= 4 is 5.96 Å². The molecular formula is C16H31N5O. The van der Waals surface area contributed by atoms with Crippen LogP contribution in [0.25, 0.3) is 0 Å². The predicted molar refractivity (Wildman–Crippen MR) is 90.9 cm³/mol. The summed E-state index contributed by atoms with van der Waals surface area (Å²) in [5.41, 5.74) is 0. The van der Waals surface area contributed by atoms with Crippen LogP contribution >= 0.6 is 0 Å². The summed E-state index contributed by atoms with van der Waals surface area (Å²) in [6, 6.07) is 1.92. The first-order chi connectivity index (χ1) is 10.7. The van der Waals surface area contributed by atoms with Crippen LogP contribution in [0.5, 0.6) is 0 Å². The highest BCUT2D eigenvalue weighted by atomic mass is 16.3. The molecule has 1 rings (SSSR count). The molecule has 1 aromatic rings. The maximum atomic E-state index is 9.18. The lowest BCUT2D eigenvalue weighted by atomic mass is 9.94. The largest absolute Gasteiger partial charge is 0.396 e. The summed E-state index contributed by atoms with van der Waals surface area (Å²) in [6.45, 7) is 9.88. The number of aromatic nitrogens is 2. The van der Waals surface area contributed by atoms with E-state index in [-0.39, 0.29) is 6.61 Å². The fourth-order valence-electron chi connectivity index (χ4n) is 2.42. The summed E-state index contributed by atoms with van der Waals surface area (Å²) in [5, 5.41) is 19.9. The molecule has 0 bridgehead atoms. The average Bonchev–Trinajstić information content (AvgIpc) is 2.97. The number of rotatable bonds is 10. The fourth-order valence-corrected chi connectivity index (χ4v) is 2.42. The molecule has 0 aromatic carbocycles. The van der Waals surface area contributed by atoms with E-state index in [0.29, 0.717) is 11.8 Å². The van der Waals surface area contributed by atoms with Gasteiger partial charge >= 0.3 is 0 Å². The molecule has 0 spiro atoms. The van der Waals surface area contributed by atoms with Crippen LogP contribution < -0.4 is 10.6 Å². The van der Waals surface area contributed by atoms with Gasteiger partial charge in [-0.2, -0.15) is 5.10 Å². The second-order valence-corrected chi connectivity index (χ2v) is 5.92. The minimum absolute atomic E-state index is 0.232. The van der Waals surface area contributed by atoms with E-state index in [2.05, 4.69) is 41.5 Å². The van der Waals surface area contributed by atoms with Crippen LogP contribution in [0.2, 0.25) is 0 Å². The molecule has 0 aliphatic carbocycles. The minimum atomic E-state index is 0.232. The molecule has 1 aromatic heterocycles. The quantitative estimate of drug-likeness (QED) is 0.452. The summed E-state index contributed by atoms with van der Waals surface area (Å²) < 4.78 is 1.89. The van der Waals surface area contributed by atoms with E-state index in [1.165, 1.54) is 0 Å². The second kappa shape index (κ2) is 11.1. The zero-order valence-electron chi connectivity index (χ0n) is 14.1. The van der Waals surface area contributed by atoms with Crippen LogP contribution in [0.15, 0.2) is 23.5 Å². The van der Waals surface area contributed by atoms with Gasteiger partial charge in [-0.05, 0) is 37.7 Å². The van der Waals surface area contributed by atoms with Crippen molar-refractivity contribution in [1.82, 2.24) is 20.4 Å². The lowest BCUT2D eigenvalue weighted by molar-refractivity contribution is 0.245. The Morgan fingerprint density at radius 2 is 2.18 bits per heavy atom. The summed E-state index contributed by atoms with van der Waals surface area (Å²) >= 11 is 0. The highest BCUT2D eigenvalue weighted by Crippen LogP contribution is 2.15. The van der Waals surface area contributed by atoms with Crippen molar-refractivity contribution < 1.29 is 5.11 Å². The van der Waals surface area contributed by atoms with Gasteiger partial charge < -0.3 is 15.7 Å². The summed E-state index contributed by atoms with van der Waals surface area (Å²) in [5.74, 6) is 1.90. The van der Waals surface area contributed by atoms with Crippen molar-refractivity contribution in [3.63, 3.8) is 0 Å². The molecule has 0 saturated carbocycles. The molecule has 6 heteroatoms. The van der Waals surface area contributed by atoms with Crippen LogP contribution in [0.3, 0.4) is 0 Å². The molecule has 0 amide bonds. The predicted octanol–water partition coefficient (Wildman–Crippen LogP) is 1.48. The Morgan fingerprint density at radius 1 is 1.36 bits per heavy atom. The van der Waals surface area contributed by atoms with Crippen LogP contribution in [-0.2, 0) is 6.54 Å². The molecule has 0 aliphatic heterocycles. The number of nitrogens with one attached hydrogen (secondary N) is 2. The summed E-state index contributed by atoms with van der Waals surface area (Å²) in [4.78, 5) is 4.66. The van der Waals surface area contributed by atoms with Crippen molar-refractivity contribution in [3.8, 4) is 0 Å². The number of aliphatic hydroxyl groups excluding tert-OH is 1. The van der Waals surface area contributed by atoms with E-state index in [0.717, 1.165) is 45.0 Å². The number of aliphatic hydroxyl groups is 1.